The van der Waals surface area contributed by atoms with Gasteiger partial charge in [0.05, 0.1) is 10.5 Å². The highest BCUT2D eigenvalue weighted by Gasteiger charge is 2.18. The Morgan fingerprint density at radius 2 is 1.86 bits per heavy atom. The number of rotatable bonds is 5. The molecule has 0 radical (unpaired) electrons. The smallest absolute Gasteiger partial charge is 0.280 e. The fourth-order valence-electron chi connectivity index (χ4n) is 2.71. The van der Waals surface area contributed by atoms with Gasteiger partial charge in [-0.25, -0.2) is 0 Å². The SMILES string of the molecule is Cc1ccc(C)n1NC(=O)/C(C#N)=C\c1ccc(-c2ccccc2[N+](=O)[O-])o1. The molecule has 0 spiro atoms. The molecule has 0 saturated carbocycles. The van der Waals surface area contributed by atoms with Gasteiger partial charge in [-0.3, -0.25) is 25.0 Å². The number of nitrogens with zero attached hydrogens (tertiary/aromatic N) is 3. The number of carbonyl (C=O) groups is 1. The predicted octanol–water partition coefficient (Wildman–Crippen LogP) is 3.95. The number of furan rings is 1. The fraction of sp³-hybridized carbons (Fsp3) is 0.100. The zero-order chi connectivity index (χ0) is 20.3. The van der Waals surface area contributed by atoms with Crippen molar-refractivity contribution in [2.75, 3.05) is 5.43 Å². The summed E-state index contributed by atoms with van der Waals surface area (Å²) in [5.41, 5.74) is 4.35. The van der Waals surface area contributed by atoms with Crippen LogP contribution in [0.2, 0.25) is 0 Å². The number of benzene rings is 1. The monoisotopic (exact) mass is 376 g/mol. The Labute approximate surface area is 160 Å². The van der Waals surface area contributed by atoms with Crippen LogP contribution in [0.25, 0.3) is 17.4 Å². The van der Waals surface area contributed by atoms with Gasteiger partial charge in [-0.1, -0.05) is 12.1 Å². The minimum Gasteiger partial charge on any atom is -0.456 e. The number of nitro benzene ring substituents is 1. The summed E-state index contributed by atoms with van der Waals surface area (Å²) >= 11 is 0. The molecule has 3 rings (SSSR count). The van der Waals surface area contributed by atoms with Crippen molar-refractivity contribution in [1.82, 2.24) is 4.68 Å². The van der Waals surface area contributed by atoms with Crippen LogP contribution in [0.15, 0.2) is 58.5 Å². The molecular weight excluding hydrogens is 360 g/mol. The number of aromatic nitrogens is 1. The van der Waals surface area contributed by atoms with Gasteiger partial charge in [-0.05, 0) is 44.2 Å². The summed E-state index contributed by atoms with van der Waals surface area (Å²) in [4.78, 5) is 23.1. The summed E-state index contributed by atoms with van der Waals surface area (Å²) in [6, 6.07) is 14.8. The molecular formula is C20H16N4O4. The van der Waals surface area contributed by atoms with E-state index >= 15 is 0 Å². The van der Waals surface area contributed by atoms with E-state index in [2.05, 4.69) is 5.43 Å². The lowest BCUT2D eigenvalue weighted by Gasteiger charge is -2.10. The fourth-order valence-corrected chi connectivity index (χ4v) is 2.71. The Bertz CT molecular complexity index is 1110. The maximum absolute atomic E-state index is 12.4. The number of amides is 1. The van der Waals surface area contributed by atoms with Crippen LogP contribution >= 0.6 is 0 Å². The van der Waals surface area contributed by atoms with E-state index in [1.54, 1.807) is 35.0 Å². The third kappa shape index (κ3) is 3.68. The minimum atomic E-state index is -0.589. The first-order chi connectivity index (χ1) is 13.4. The molecule has 0 aliphatic carbocycles. The number of hydrogen-bond acceptors (Lipinski definition) is 5. The van der Waals surface area contributed by atoms with Crippen molar-refractivity contribution in [1.29, 1.82) is 5.26 Å². The van der Waals surface area contributed by atoms with Gasteiger partial charge in [0.2, 0.25) is 0 Å². The molecule has 2 heterocycles. The first-order valence-electron chi connectivity index (χ1n) is 8.32. The van der Waals surface area contributed by atoms with Crippen molar-refractivity contribution in [3.63, 3.8) is 0 Å². The van der Waals surface area contributed by atoms with Crippen LogP contribution in [0.3, 0.4) is 0 Å². The maximum atomic E-state index is 12.4. The van der Waals surface area contributed by atoms with Gasteiger partial charge in [0.25, 0.3) is 11.6 Å². The van der Waals surface area contributed by atoms with Crippen LogP contribution < -0.4 is 5.43 Å². The molecule has 2 aromatic heterocycles. The summed E-state index contributed by atoms with van der Waals surface area (Å²) in [6.07, 6.45) is 1.29. The highest BCUT2D eigenvalue weighted by Crippen LogP contribution is 2.31. The number of nitrogens with one attached hydrogen (secondary N) is 1. The molecule has 0 fully saturated rings. The molecule has 8 nitrogen and oxygen atoms in total. The molecule has 0 aliphatic rings. The molecule has 1 N–H and O–H groups in total. The molecule has 8 heteroatoms. The van der Waals surface area contributed by atoms with E-state index in [1.807, 2.05) is 32.0 Å². The van der Waals surface area contributed by atoms with Crippen molar-refractivity contribution < 1.29 is 14.1 Å². The zero-order valence-corrected chi connectivity index (χ0v) is 15.2. The van der Waals surface area contributed by atoms with Crippen LogP contribution in [0, 0.1) is 35.3 Å². The predicted molar refractivity (Wildman–Crippen MR) is 103 cm³/mol. The van der Waals surface area contributed by atoms with E-state index in [-0.39, 0.29) is 22.8 Å². The average Bonchev–Trinajstić information content (AvgIpc) is 3.27. The van der Waals surface area contributed by atoms with E-state index in [9.17, 15) is 20.2 Å². The van der Waals surface area contributed by atoms with Crippen LogP contribution in [0.4, 0.5) is 5.69 Å². The first-order valence-corrected chi connectivity index (χ1v) is 8.32. The van der Waals surface area contributed by atoms with E-state index in [4.69, 9.17) is 4.42 Å². The van der Waals surface area contributed by atoms with Crippen molar-refractivity contribution >= 4 is 17.7 Å². The van der Waals surface area contributed by atoms with Crippen LogP contribution in [0.1, 0.15) is 17.1 Å². The minimum absolute atomic E-state index is 0.0933. The molecule has 0 atom stereocenters. The summed E-state index contributed by atoms with van der Waals surface area (Å²) in [5.74, 6) is -0.0808. The Morgan fingerprint density at radius 1 is 1.18 bits per heavy atom. The Kier molecular flexibility index (Phi) is 5.09. The van der Waals surface area contributed by atoms with Gasteiger partial charge in [-0.2, -0.15) is 5.26 Å². The maximum Gasteiger partial charge on any atom is 0.280 e. The molecule has 28 heavy (non-hydrogen) atoms. The second kappa shape index (κ2) is 7.63. The molecule has 1 amide bonds. The summed E-state index contributed by atoms with van der Waals surface area (Å²) < 4.78 is 7.18. The lowest BCUT2D eigenvalue weighted by atomic mass is 10.1. The molecule has 0 unspecified atom stereocenters. The van der Waals surface area contributed by atoms with Crippen LogP contribution in [-0.4, -0.2) is 15.5 Å². The molecule has 3 aromatic rings. The Balaban J connectivity index is 1.88. The standard InChI is InChI=1S/C20H16N4O4/c1-13-7-8-14(2)23(13)22-20(25)15(12-21)11-16-9-10-19(28-16)17-5-3-4-6-18(17)24(26)27/h3-11H,1-2H3,(H,22,25)/b15-11-. The third-order valence-corrected chi connectivity index (χ3v) is 4.13. The number of nitro groups is 1. The highest BCUT2D eigenvalue weighted by molar-refractivity contribution is 6.06. The van der Waals surface area contributed by atoms with E-state index in [1.165, 1.54) is 12.1 Å². The quantitative estimate of drug-likeness (QED) is 0.313. The lowest BCUT2D eigenvalue weighted by Crippen LogP contribution is -2.25. The third-order valence-electron chi connectivity index (χ3n) is 4.13. The molecule has 0 aliphatic heterocycles. The largest absolute Gasteiger partial charge is 0.456 e. The van der Waals surface area contributed by atoms with Crippen molar-refractivity contribution in [2.24, 2.45) is 0 Å². The van der Waals surface area contributed by atoms with Crippen molar-refractivity contribution in [3.8, 4) is 17.4 Å². The topological polar surface area (TPSA) is 114 Å². The number of carbonyl (C=O) groups excluding carboxylic acids is 1. The van der Waals surface area contributed by atoms with Crippen molar-refractivity contribution in [2.45, 2.75) is 13.8 Å². The molecule has 1 aromatic carbocycles. The summed E-state index contributed by atoms with van der Waals surface area (Å²) in [6.45, 7) is 3.66. The number of aryl methyl sites for hydroxylation is 2. The lowest BCUT2D eigenvalue weighted by molar-refractivity contribution is -0.384. The van der Waals surface area contributed by atoms with Gasteiger partial charge in [0.15, 0.2) is 0 Å². The van der Waals surface area contributed by atoms with E-state index in [0.717, 1.165) is 11.4 Å². The van der Waals surface area contributed by atoms with E-state index in [0.29, 0.717) is 5.56 Å². The summed E-state index contributed by atoms with van der Waals surface area (Å²) in [5, 5.41) is 20.5. The van der Waals surface area contributed by atoms with Gasteiger partial charge in [0.1, 0.15) is 23.2 Å². The second-order valence-corrected chi connectivity index (χ2v) is 6.04. The van der Waals surface area contributed by atoms with E-state index < -0.39 is 10.8 Å². The Morgan fingerprint density at radius 3 is 2.50 bits per heavy atom. The number of para-hydroxylation sites is 1. The molecule has 140 valence electrons. The van der Waals surface area contributed by atoms with Crippen LogP contribution in [0.5, 0.6) is 0 Å². The normalized spacial score (nSPS) is 11.1. The van der Waals surface area contributed by atoms with Crippen LogP contribution in [-0.2, 0) is 4.79 Å². The first kappa shape index (κ1) is 18.7. The average molecular weight is 376 g/mol. The number of nitriles is 1. The van der Waals surface area contributed by atoms with Gasteiger partial charge >= 0.3 is 0 Å². The highest BCUT2D eigenvalue weighted by atomic mass is 16.6. The summed E-state index contributed by atoms with van der Waals surface area (Å²) in [7, 11) is 0. The molecule has 0 saturated heterocycles. The second-order valence-electron chi connectivity index (χ2n) is 6.04. The van der Waals surface area contributed by atoms with Crippen molar-refractivity contribution in [3.05, 3.63) is 81.4 Å². The Hall–Kier alpha value is -4.12. The zero-order valence-electron chi connectivity index (χ0n) is 15.2. The number of hydrogen-bond donors (Lipinski definition) is 1. The van der Waals surface area contributed by atoms with Gasteiger partial charge < -0.3 is 4.42 Å². The van der Waals surface area contributed by atoms with Gasteiger partial charge in [0, 0.05) is 23.5 Å². The van der Waals surface area contributed by atoms with Gasteiger partial charge in [-0.15, -0.1) is 0 Å². The molecule has 0 bridgehead atoms.